The number of unbranched alkanes of at least 4 members (excludes halogenated alkanes) is 32. The summed E-state index contributed by atoms with van der Waals surface area (Å²) in [7, 11) is -9.87. The van der Waals surface area contributed by atoms with Crippen molar-refractivity contribution in [2.75, 3.05) is 39.6 Å². The second kappa shape index (κ2) is 55.0. The van der Waals surface area contributed by atoms with E-state index in [1.165, 1.54) is 122 Å². The van der Waals surface area contributed by atoms with Crippen LogP contribution in [0.4, 0.5) is 0 Å². The molecule has 0 fully saturated rings. The number of aliphatic hydroxyl groups excluding tert-OH is 1. The molecule has 0 bridgehead atoms. The Labute approximate surface area is 486 Å². The zero-order chi connectivity index (χ0) is 59.2. The maximum atomic E-state index is 12.9. The number of ether oxygens (including phenoxy) is 4. The average Bonchev–Trinajstić information content (AvgIpc) is 3.43. The molecule has 0 saturated carbocycles. The van der Waals surface area contributed by atoms with E-state index in [-0.39, 0.29) is 25.7 Å². The molecule has 0 aliphatic rings. The van der Waals surface area contributed by atoms with Crippen LogP contribution in [-0.4, -0.2) is 96.7 Å². The van der Waals surface area contributed by atoms with Gasteiger partial charge in [-0.05, 0) is 31.6 Å². The molecule has 19 heteroatoms. The Balaban J connectivity index is 5.19. The Kier molecular flexibility index (Phi) is 53.6. The summed E-state index contributed by atoms with van der Waals surface area (Å²) in [4.78, 5) is 71.8. The molecular formula is C61H118O17P2. The molecular weight excluding hydrogens is 1070 g/mol. The van der Waals surface area contributed by atoms with Gasteiger partial charge in [0.15, 0.2) is 12.2 Å². The molecule has 0 rings (SSSR count). The topological polar surface area (TPSA) is 237 Å². The quantitative estimate of drug-likeness (QED) is 0.0222. The van der Waals surface area contributed by atoms with Crippen molar-refractivity contribution in [1.29, 1.82) is 0 Å². The van der Waals surface area contributed by atoms with Crippen molar-refractivity contribution in [3.8, 4) is 0 Å². The van der Waals surface area contributed by atoms with Gasteiger partial charge in [-0.1, -0.05) is 253 Å². The maximum absolute atomic E-state index is 12.9. The molecule has 0 radical (unpaired) electrons. The van der Waals surface area contributed by atoms with Crippen molar-refractivity contribution < 1.29 is 80.2 Å². The zero-order valence-electron chi connectivity index (χ0n) is 51.2. The third-order valence-electron chi connectivity index (χ3n) is 14.4. The van der Waals surface area contributed by atoms with E-state index in [1.807, 2.05) is 0 Å². The van der Waals surface area contributed by atoms with Crippen molar-refractivity contribution >= 4 is 39.5 Å². The average molecular weight is 1190 g/mol. The lowest BCUT2D eigenvalue weighted by Gasteiger charge is -2.21. The Hall–Kier alpha value is -1.94. The first-order valence-corrected chi connectivity index (χ1v) is 35.2. The maximum Gasteiger partial charge on any atom is 0.472 e. The number of aliphatic hydroxyl groups is 1. The Morgan fingerprint density at radius 2 is 0.600 bits per heavy atom. The van der Waals surface area contributed by atoms with Gasteiger partial charge >= 0.3 is 39.5 Å². The fourth-order valence-electron chi connectivity index (χ4n) is 9.02. The third-order valence-corrected chi connectivity index (χ3v) is 16.3. The van der Waals surface area contributed by atoms with Crippen molar-refractivity contribution in [3.05, 3.63) is 0 Å². The van der Waals surface area contributed by atoms with Crippen LogP contribution in [0.25, 0.3) is 0 Å². The van der Waals surface area contributed by atoms with Gasteiger partial charge in [-0.3, -0.25) is 37.3 Å². The molecule has 474 valence electrons. The lowest BCUT2D eigenvalue weighted by Crippen LogP contribution is -2.30. The van der Waals surface area contributed by atoms with Crippen LogP contribution in [0.5, 0.6) is 0 Å². The van der Waals surface area contributed by atoms with E-state index in [9.17, 15) is 43.2 Å². The summed E-state index contributed by atoms with van der Waals surface area (Å²) in [6.07, 6.45) is 37.8. The SMILES string of the molecule is CCCCCCCCCCCCCCCC(=O)O[C@H](COC(=O)CCCCCCCCCCC(C)CC)COP(=O)(O)OC[C@@H](O)COP(=O)(O)OC[C@@H](COC(=O)CCCCCCC)OC(=O)CCCCCCCCCCCC. The number of phosphoric acid groups is 2. The van der Waals surface area contributed by atoms with Gasteiger partial charge in [0.2, 0.25) is 0 Å². The summed E-state index contributed by atoms with van der Waals surface area (Å²) >= 11 is 0. The van der Waals surface area contributed by atoms with E-state index >= 15 is 0 Å². The summed E-state index contributed by atoms with van der Waals surface area (Å²) in [5.41, 5.74) is 0. The van der Waals surface area contributed by atoms with Crippen molar-refractivity contribution in [3.63, 3.8) is 0 Å². The Morgan fingerprint density at radius 3 is 0.887 bits per heavy atom. The van der Waals surface area contributed by atoms with Crippen LogP contribution in [0.1, 0.15) is 304 Å². The normalized spacial score (nSPS) is 14.7. The van der Waals surface area contributed by atoms with Crippen LogP contribution in [0.2, 0.25) is 0 Å². The first-order chi connectivity index (χ1) is 38.6. The van der Waals surface area contributed by atoms with E-state index in [2.05, 4.69) is 34.6 Å². The lowest BCUT2D eigenvalue weighted by atomic mass is 9.99. The number of esters is 4. The molecule has 0 spiro atoms. The van der Waals surface area contributed by atoms with Crippen LogP contribution in [0, 0.1) is 5.92 Å². The van der Waals surface area contributed by atoms with Crippen LogP contribution < -0.4 is 0 Å². The summed E-state index contributed by atoms with van der Waals surface area (Å²) in [6, 6.07) is 0. The predicted octanol–water partition coefficient (Wildman–Crippen LogP) is 16.6. The van der Waals surface area contributed by atoms with Gasteiger partial charge in [0.05, 0.1) is 26.4 Å². The first-order valence-electron chi connectivity index (χ1n) is 32.2. The molecule has 0 aliphatic heterocycles. The van der Waals surface area contributed by atoms with Gasteiger partial charge in [-0.25, -0.2) is 9.13 Å². The van der Waals surface area contributed by atoms with Crippen molar-refractivity contribution in [2.45, 2.75) is 323 Å². The second-order valence-electron chi connectivity index (χ2n) is 22.3. The summed E-state index contributed by atoms with van der Waals surface area (Å²) < 4.78 is 67.7. The monoisotopic (exact) mass is 1180 g/mol. The fraction of sp³-hybridized carbons (Fsp3) is 0.934. The first kappa shape index (κ1) is 78.1. The number of carbonyl (C=O) groups excluding carboxylic acids is 4. The van der Waals surface area contributed by atoms with Gasteiger partial charge in [-0.2, -0.15) is 0 Å². The Bertz CT molecular complexity index is 1570. The number of hydrogen-bond donors (Lipinski definition) is 3. The third kappa shape index (κ3) is 54.0. The number of carbonyl (C=O) groups is 4. The molecule has 0 aromatic carbocycles. The van der Waals surface area contributed by atoms with Gasteiger partial charge in [0.1, 0.15) is 19.3 Å². The highest BCUT2D eigenvalue weighted by molar-refractivity contribution is 7.47. The predicted molar refractivity (Wildman–Crippen MR) is 317 cm³/mol. The highest BCUT2D eigenvalue weighted by Gasteiger charge is 2.30. The molecule has 0 heterocycles. The van der Waals surface area contributed by atoms with E-state index in [0.29, 0.717) is 25.7 Å². The van der Waals surface area contributed by atoms with E-state index in [4.69, 9.17) is 37.0 Å². The molecule has 80 heavy (non-hydrogen) atoms. The number of rotatable bonds is 61. The molecule has 0 aromatic heterocycles. The highest BCUT2D eigenvalue weighted by Crippen LogP contribution is 2.45. The number of phosphoric ester groups is 2. The van der Waals surface area contributed by atoms with Crippen LogP contribution in [0.15, 0.2) is 0 Å². The molecule has 0 amide bonds. The summed E-state index contributed by atoms with van der Waals surface area (Å²) in [5, 5.41) is 10.5. The Morgan fingerprint density at radius 1 is 0.350 bits per heavy atom. The fourth-order valence-corrected chi connectivity index (χ4v) is 10.6. The van der Waals surface area contributed by atoms with Crippen LogP contribution in [-0.2, 0) is 65.4 Å². The second-order valence-corrected chi connectivity index (χ2v) is 25.2. The molecule has 3 unspecified atom stereocenters. The minimum Gasteiger partial charge on any atom is -0.462 e. The van der Waals surface area contributed by atoms with E-state index < -0.39 is 97.5 Å². The molecule has 0 saturated heterocycles. The van der Waals surface area contributed by atoms with Gasteiger partial charge in [0.25, 0.3) is 0 Å². The summed E-state index contributed by atoms with van der Waals surface area (Å²) in [6.45, 7) is 7.08. The van der Waals surface area contributed by atoms with Gasteiger partial charge < -0.3 is 33.8 Å². The smallest absolute Gasteiger partial charge is 0.462 e. The van der Waals surface area contributed by atoms with Crippen LogP contribution >= 0.6 is 15.6 Å². The van der Waals surface area contributed by atoms with Crippen LogP contribution in [0.3, 0.4) is 0 Å². The minimum absolute atomic E-state index is 0.105. The van der Waals surface area contributed by atoms with Gasteiger partial charge in [0, 0.05) is 25.7 Å². The summed E-state index contributed by atoms with van der Waals surface area (Å²) in [5.74, 6) is -1.37. The molecule has 17 nitrogen and oxygen atoms in total. The molecule has 6 atom stereocenters. The van der Waals surface area contributed by atoms with E-state index in [1.54, 1.807) is 0 Å². The zero-order valence-corrected chi connectivity index (χ0v) is 53.0. The minimum atomic E-state index is -4.94. The highest BCUT2D eigenvalue weighted by atomic mass is 31.2. The largest absolute Gasteiger partial charge is 0.472 e. The number of hydrogen-bond acceptors (Lipinski definition) is 15. The molecule has 3 N–H and O–H groups in total. The molecule has 0 aliphatic carbocycles. The van der Waals surface area contributed by atoms with Crippen molar-refractivity contribution in [2.24, 2.45) is 5.92 Å². The lowest BCUT2D eigenvalue weighted by molar-refractivity contribution is -0.161. The van der Waals surface area contributed by atoms with Crippen molar-refractivity contribution in [1.82, 2.24) is 0 Å². The van der Waals surface area contributed by atoms with Gasteiger partial charge in [-0.15, -0.1) is 0 Å². The van der Waals surface area contributed by atoms with E-state index in [0.717, 1.165) is 102 Å². The standard InChI is InChI=1S/C61H118O17P2/c1-6-10-13-16-18-20-22-23-24-26-32-37-42-47-61(66)78-57(51-72-59(64)45-40-35-30-28-27-29-34-38-43-54(5)9-4)53-76-80(69,70)74-49-55(62)48-73-79(67,68)75-52-56(50-71-58(63)44-39-33-15-12-8-3)77-60(65)46-41-36-31-25-21-19-17-14-11-7-2/h54-57,62H,6-53H2,1-5H3,(H,67,68)(H,69,70)/t54?,55-,56+,57+/m0/s1. The molecule has 0 aromatic rings.